The third-order valence-corrected chi connectivity index (χ3v) is 3.73. The number of hydrogen-bond donors (Lipinski definition) is 1. The zero-order valence-corrected chi connectivity index (χ0v) is 11.2. The van der Waals surface area contributed by atoms with Gasteiger partial charge in [0.25, 0.3) is 5.91 Å². The number of aliphatic hydroxyl groups is 1. The number of amides is 1. The highest BCUT2D eigenvalue weighted by atomic mass is 16.3. The van der Waals surface area contributed by atoms with E-state index in [2.05, 4.69) is 11.8 Å². The van der Waals surface area contributed by atoms with Crippen molar-refractivity contribution >= 4 is 5.91 Å². The highest BCUT2D eigenvalue weighted by molar-refractivity contribution is 5.94. The molecular weight excluding hydrogens is 238 g/mol. The number of nitrogens with zero attached hydrogens (tertiary/aromatic N) is 1. The molecule has 0 atom stereocenters. The highest BCUT2D eigenvalue weighted by Crippen LogP contribution is 2.24. The van der Waals surface area contributed by atoms with E-state index >= 15 is 0 Å². The second-order valence-electron chi connectivity index (χ2n) is 4.99. The Labute approximate surface area is 114 Å². The number of carbonyl (C=O) groups excluding carboxylic acids is 1. The van der Waals surface area contributed by atoms with Crippen molar-refractivity contribution in [1.29, 1.82) is 0 Å². The molecule has 0 saturated carbocycles. The second-order valence-corrected chi connectivity index (χ2v) is 4.99. The summed E-state index contributed by atoms with van der Waals surface area (Å²) < 4.78 is 0. The Hall–Kier alpha value is -1.79. The molecule has 100 valence electrons. The highest BCUT2D eigenvalue weighted by Gasteiger charge is 2.31. The van der Waals surface area contributed by atoms with E-state index in [1.54, 1.807) is 4.90 Å². The molecule has 1 amide bonds. The first-order chi connectivity index (χ1) is 9.13. The van der Waals surface area contributed by atoms with Crippen molar-refractivity contribution in [3.8, 4) is 11.8 Å². The van der Waals surface area contributed by atoms with Crippen molar-refractivity contribution in [2.24, 2.45) is 0 Å². The van der Waals surface area contributed by atoms with Crippen LogP contribution in [0.25, 0.3) is 0 Å². The molecule has 1 N–H and O–H groups in total. The maximum absolute atomic E-state index is 11.9. The first-order valence-corrected chi connectivity index (χ1v) is 6.71. The molecule has 1 aromatic carbocycles. The molecule has 1 heterocycles. The van der Waals surface area contributed by atoms with Crippen LogP contribution in [-0.4, -0.2) is 34.6 Å². The van der Waals surface area contributed by atoms with E-state index in [-0.39, 0.29) is 5.91 Å². The van der Waals surface area contributed by atoms with Crippen LogP contribution in [0.15, 0.2) is 30.3 Å². The van der Waals surface area contributed by atoms with E-state index in [9.17, 15) is 9.90 Å². The molecular formula is C16H19NO2. The first-order valence-electron chi connectivity index (χ1n) is 6.71. The Bertz CT molecular complexity index is 490. The summed E-state index contributed by atoms with van der Waals surface area (Å²) in [7, 11) is 0. The van der Waals surface area contributed by atoms with E-state index in [4.69, 9.17) is 0 Å². The molecule has 1 aromatic rings. The fraction of sp³-hybridized carbons (Fsp3) is 0.438. The molecule has 3 heteroatoms. The van der Waals surface area contributed by atoms with Gasteiger partial charge in [-0.2, -0.15) is 0 Å². The molecule has 0 aromatic heterocycles. The van der Waals surface area contributed by atoms with Gasteiger partial charge in [-0.3, -0.25) is 4.79 Å². The zero-order valence-electron chi connectivity index (χ0n) is 11.2. The van der Waals surface area contributed by atoms with Gasteiger partial charge in [-0.1, -0.05) is 31.0 Å². The number of likely N-dealkylation sites (tertiary alicyclic amines) is 1. The van der Waals surface area contributed by atoms with Crippen LogP contribution in [-0.2, 0) is 4.79 Å². The number of rotatable bonds is 1. The lowest BCUT2D eigenvalue weighted by atomic mass is 9.89. The molecule has 0 spiro atoms. The van der Waals surface area contributed by atoms with Crippen LogP contribution in [0.5, 0.6) is 0 Å². The number of carbonyl (C=O) groups is 1. The van der Waals surface area contributed by atoms with Crippen LogP contribution < -0.4 is 0 Å². The van der Waals surface area contributed by atoms with Gasteiger partial charge >= 0.3 is 0 Å². The Balaban J connectivity index is 1.94. The molecule has 3 nitrogen and oxygen atoms in total. The zero-order chi connectivity index (χ0) is 13.7. The van der Waals surface area contributed by atoms with E-state index in [1.165, 1.54) is 0 Å². The largest absolute Gasteiger partial charge is 0.390 e. The smallest absolute Gasteiger partial charge is 0.298 e. The predicted octanol–water partition coefficient (Wildman–Crippen LogP) is 1.80. The van der Waals surface area contributed by atoms with Crippen LogP contribution in [0.1, 0.15) is 31.7 Å². The van der Waals surface area contributed by atoms with Gasteiger partial charge in [0.2, 0.25) is 0 Å². The molecule has 2 rings (SSSR count). The molecule has 1 aliphatic rings. The topological polar surface area (TPSA) is 40.5 Å². The Morgan fingerprint density at radius 1 is 1.32 bits per heavy atom. The summed E-state index contributed by atoms with van der Waals surface area (Å²) in [6.45, 7) is 3.16. The van der Waals surface area contributed by atoms with Gasteiger partial charge in [-0.05, 0) is 31.4 Å². The molecule has 1 aliphatic heterocycles. The quantitative estimate of drug-likeness (QED) is 0.779. The van der Waals surface area contributed by atoms with Gasteiger partial charge in [0, 0.05) is 24.6 Å². The lowest BCUT2D eigenvalue weighted by molar-refractivity contribution is -0.129. The summed E-state index contributed by atoms with van der Waals surface area (Å²) in [4.78, 5) is 13.7. The number of piperidine rings is 1. The average Bonchev–Trinajstić information content (AvgIpc) is 2.47. The maximum Gasteiger partial charge on any atom is 0.298 e. The lowest BCUT2D eigenvalue weighted by Crippen LogP contribution is -2.46. The SMILES string of the molecule is CCC1(O)CCN(C(=O)C#Cc2ccccc2)CC1. The number of hydrogen-bond acceptors (Lipinski definition) is 2. The van der Waals surface area contributed by atoms with Crippen molar-refractivity contribution in [2.75, 3.05) is 13.1 Å². The normalized spacial score (nSPS) is 17.5. The van der Waals surface area contributed by atoms with Gasteiger partial charge in [-0.25, -0.2) is 0 Å². The van der Waals surface area contributed by atoms with Crippen LogP contribution in [0, 0.1) is 11.8 Å². The Morgan fingerprint density at radius 2 is 1.95 bits per heavy atom. The minimum Gasteiger partial charge on any atom is -0.390 e. The standard InChI is InChI=1S/C16H19NO2/c1-2-16(19)10-12-17(13-11-16)15(18)9-8-14-6-4-3-5-7-14/h3-7,19H,2,10-13H2,1H3. The van der Waals surface area contributed by atoms with Crippen molar-refractivity contribution < 1.29 is 9.90 Å². The van der Waals surface area contributed by atoms with Crippen LogP contribution >= 0.6 is 0 Å². The summed E-state index contributed by atoms with van der Waals surface area (Å²) in [6.07, 6.45) is 2.02. The van der Waals surface area contributed by atoms with Crippen LogP contribution in [0.2, 0.25) is 0 Å². The van der Waals surface area contributed by atoms with E-state index < -0.39 is 5.60 Å². The summed E-state index contributed by atoms with van der Waals surface area (Å²) in [5.41, 5.74) is 0.252. The molecule has 1 saturated heterocycles. The molecule has 0 bridgehead atoms. The Morgan fingerprint density at radius 3 is 2.53 bits per heavy atom. The van der Waals surface area contributed by atoms with Crippen LogP contribution in [0.3, 0.4) is 0 Å². The molecule has 0 aliphatic carbocycles. The average molecular weight is 257 g/mol. The second kappa shape index (κ2) is 5.90. The van der Waals surface area contributed by atoms with Gasteiger partial charge in [-0.15, -0.1) is 0 Å². The summed E-state index contributed by atoms with van der Waals surface area (Å²) in [5, 5.41) is 10.1. The van der Waals surface area contributed by atoms with Gasteiger partial charge < -0.3 is 10.0 Å². The van der Waals surface area contributed by atoms with Crippen molar-refractivity contribution in [2.45, 2.75) is 31.8 Å². The summed E-state index contributed by atoms with van der Waals surface area (Å²) in [6, 6.07) is 9.48. The van der Waals surface area contributed by atoms with Gasteiger partial charge in [0.15, 0.2) is 0 Å². The van der Waals surface area contributed by atoms with E-state index in [0.717, 1.165) is 12.0 Å². The van der Waals surface area contributed by atoms with E-state index in [0.29, 0.717) is 25.9 Å². The third kappa shape index (κ3) is 3.59. The monoisotopic (exact) mass is 257 g/mol. The third-order valence-electron chi connectivity index (χ3n) is 3.73. The molecule has 1 fully saturated rings. The predicted molar refractivity (Wildman–Crippen MR) is 74.4 cm³/mol. The minimum atomic E-state index is -0.594. The summed E-state index contributed by atoms with van der Waals surface area (Å²) >= 11 is 0. The fourth-order valence-electron chi connectivity index (χ4n) is 2.21. The Kier molecular flexibility index (Phi) is 4.24. The lowest BCUT2D eigenvalue weighted by Gasteiger charge is -2.36. The minimum absolute atomic E-state index is 0.151. The molecule has 0 radical (unpaired) electrons. The number of benzene rings is 1. The van der Waals surface area contributed by atoms with Crippen LogP contribution in [0.4, 0.5) is 0 Å². The first kappa shape index (κ1) is 13.6. The molecule has 19 heavy (non-hydrogen) atoms. The van der Waals surface area contributed by atoms with E-state index in [1.807, 2.05) is 37.3 Å². The van der Waals surface area contributed by atoms with Crippen molar-refractivity contribution in [3.05, 3.63) is 35.9 Å². The maximum atomic E-state index is 11.9. The summed E-state index contributed by atoms with van der Waals surface area (Å²) in [5.74, 6) is 5.39. The molecule has 0 unspecified atom stereocenters. The van der Waals surface area contributed by atoms with Gasteiger partial charge in [0.1, 0.15) is 0 Å². The fourth-order valence-corrected chi connectivity index (χ4v) is 2.21. The van der Waals surface area contributed by atoms with Crippen molar-refractivity contribution in [3.63, 3.8) is 0 Å². The van der Waals surface area contributed by atoms with Crippen molar-refractivity contribution in [1.82, 2.24) is 4.90 Å². The van der Waals surface area contributed by atoms with Gasteiger partial charge in [0.05, 0.1) is 5.60 Å².